The molecule has 0 radical (unpaired) electrons. The van der Waals surface area contributed by atoms with Gasteiger partial charge in [-0.2, -0.15) is 0 Å². The molecule has 1 N–H and O–H groups in total. The Morgan fingerprint density at radius 2 is 1.43 bits per heavy atom. The number of pyridine rings is 1. The number of anilines is 1. The Hall–Kier alpha value is -4.49. The summed E-state index contributed by atoms with van der Waals surface area (Å²) in [5.74, 6) is -0.218. The zero-order chi connectivity index (χ0) is 25.6. The second-order valence-electron chi connectivity index (χ2n) is 8.90. The molecule has 0 aliphatic rings. The fourth-order valence-corrected chi connectivity index (χ4v) is 5.59. The van der Waals surface area contributed by atoms with Gasteiger partial charge in [0.05, 0.1) is 21.7 Å². The first kappa shape index (κ1) is 22.9. The van der Waals surface area contributed by atoms with Gasteiger partial charge in [-0.3, -0.25) is 4.72 Å². The van der Waals surface area contributed by atoms with Crippen LogP contribution in [0.25, 0.3) is 38.7 Å². The van der Waals surface area contributed by atoms with Crippen LogP contribution < -0.4 is 4.72 Å². The number of rotatable bonds is 5. The summed E-state index contributed by atoms with van der Waals surface area (Å²) in [7, 11) is -3.95. The number of fused-ring (bicyclic) bond motifs is 3. The second-order valence-corrected chi connectivity index (χ2v) is 10.6. The summed E-state index contributed by atoms with van der Waals surface area (Å²) >= 11 is 0. The largest absolute Gasteiger partial charge is 0.263 e. The Morgan fingerprint density at radius 3 is 2.11 bits per heavy atom. The normalized spacial score (nSPS) is 11.7. The molecule has 0 spiro atoms. The number of hydrogen-bond donors (Lipinski definition) is 1. The summed E-state index contributed by atoms with van der Waals surface area (Å²) in [6, 6.07) is 32.3. The highest BCUT2D eigenvalue weighted by molar-refractivity contribution is 7.92. The zero-order valence-electron chi connectivity index (χ0n) is 19.9. The van der Waals surface area contributed by atoms with E-state index in [9.17, 15) is 12.8 Å². The summed E-state index contributed by atoms with van der Waals surface area (Å²) < 4.78 is 45.8. The van der Waals surface area contributed by atoms with Gasteiger partial charge < -0.3 is 0 Å². The number of hydrogen-bond acceptors (Lipinski definition) is 3. The second kappa shape index (κ2) is 8.87. The van der Waals surface area contributed by atoms with Crippen molar-refractivity contribution in [3.8, 4) is 22.4 Å². The van der Waals surface area contributed by atoms with Crippen LogP contribution in [0.5, 0.6) is 0 Å². The van der Waals surface area contributed by atoms with E-state index in [1.54, 1.807) is 34.8 Å². The molecule has 0 fully saturated rings. The first-order valence-electron chi connectivity index (χ1n) is 11.8. The van der Waals surface area contributed by atoms with Gasteiger partial charge in [0.25, 0.3) is 10.0 Å². The van der Waals surface area contributed by atoms with Gasteiger partial charge in [-0.1, -0.05) is 84.4 Å². The predicted octanol–water partition coefficient (Wildman–Crippen LogP) is 7.07. The van der Waals surface area contributed by atoms with E-state index in [1.807, 2.05) is 73.7 Å². The van der Waals surface area contributed by atoms with Crippen LogP contribution in [0.3, 0.4) is 0 Å². The number of aromatic nitrogens is 2. The van der Waals surface area contributed by atoms with Crippen LogP contribution in [0.4, 0.5) is 10.2 Å². The van der Waals surface area contributed by atoms with Crippen LogP contribution in [0.2, 0.25) is 0 Å². The molecule has 0 aliphatic carbocycles. The van der Waals surface area contributed by atoms with Gasteiger partial charge in [-0.25, -0.2) is 17.3 Å². The molecule has 0 saturated heterocycles. The standard InChI is InChI=1S/C30H22FN3O2S/c1-20-12-16-25(17-13-20)37(35,36)33-30-28(22-10-6-3-7-11-22)29-26-19-24(31)15-14-23(26)18-27(34(29)32-30)21-8-4-2-5-9-21/h2-19H,1H3,(H,32,33). The Balaban J connectivity index is 1.70. The lowest BCUT2D eigenvalue weighted by Gasteiger charge is -2.11. The van der Waals surface area contributed by atoms with Crippen LogP contribution >= 0.6 is 0 Å². The van der Waals surface area contributed by atoms with E-state index in [0.29, 0.717) is 16.5 Å². The Kier molecular flexibility index (Phi) is 5.50. The minimum atomic E-state index is -3.95. The molecular formula is C30H22FN3O2S. The molecule has 182 valence electrons. The highest BCUT2D eigenvalue weighted by Gasteiger charge is 2.24. The van der Waals surface area contributed by atoms with Crippen molar-refractivity contribution in [1.82, 2.24) is 9.61 Å². The van der Waals surface area contributed by atoms with Gasteiger partial charge in [0, 0.05) is 10.9 Å². The lowest BCUT2D eigenvalue weighted by Crippen LogP contribution is -2.14. The monoisotopic (exact) mass is 507 g/mol. The minimum absolute atomic E-state index is 0.133. The molecule has 4 aromatic carbocycles. The third-order valence-corrected chi connectivity index (χ3v) is 7.73. The van der Waals surface area contributed by atoms with Crippen molar-refractivity contribution in [3.63, 3.8) is 0 Å². The number of halogens is 1. The third kappa shape index (κ3) is 4.13. The van der Waals surface area contributed by atoms with Crippen LogP contribution in [0.15, 0.2) is 114 Å². The molecule has 0 saturated carbocycles. The topological polar surface area (TPSA) is 63.5 Å². The first-order valence-corrected chi connectivity index (χ1v) is 13.2. The summed E-state index contributed by atoms with van der Waals surface area (Å²) in [6.45, 7) is 1.90. The third-order valence-electron chi connectivity index (χ3n) is 6.37. The van der Waals surface area contributed by atoms with Crippen molar-refractivity contribution >= 4 is 32.1 Å². The SMILES string of the molecule is Cc1ccc(S(=O)(=O)Nc2nn3c(-c4ccccc4)cc4ccc(F)cc4c3c2-c2ccccc2)cc1. The molecule has 0 aliphatic heterocycles. The van der Waals surface area contributed by atoms with E-state index in [4.69, 9.17) is 5.10 Å². The number of aryl methyl sites for hydroxylation is 1. The molecule has 0 atom stereocenters. The molecule has 0 bridgehead atoms. The van der Waals surface area contributed by atoms with Gasteiger partial charge in [0.15, 0.2) is 5.82 Å². The maximum atomic E-state index is 14.5. The van der Waals surface area contributed by atoms with Crippen molar-refractivity contribution in [2.24, 2.45) is 0 Å². The van der Waals surface area contributed by atoms with Gasteiger partial charge in [-0.15, -0.1) is 5.10 Å². The van der Waals surface area contributed by atoms with Crippen molar-refractivity contribution in [2.75, 3.05) is 4.72 Å². The summed E-state index contributed by atoms with van der Waals surface area (Å²) in [4.78, 5) is 0.133. The van der Waals surface area contributed by atoms with E-state index in [1.165, 1.54) is 12.1 Å². The van der Waals surface area contributed by atoms with Crippen LogP contribution in [0.1, 0.15) is 5.56 Å². The lowest BCUT2D eigenvalue weighted by atomic mass is 10.0. The van der Waals surface area contributed by atoms with Gasteiger partial charge in [0.1, 0.15) is 5.82 Å². The van der Waals surface area contributed by atoms with Gasteiger partial charge in [-0.05, 0) is 48.2 Å². The number of benzene rings is 4. The molecule has 7 heteroatoms. The quantitative estimate of drug-likeness (QED) is 0.271. The van der Waals surface area contributed by atoms with Crippen LogP contribution in [0, 0.1) is 12.7 Å². The van der Waals surface area contributed by atoms with Crippen molar-refractivity contribution in [1.29, 1.82) is 0 Å². The summed E-state index contributed by atoms with van der Waals surface area (Å²) in [5.41, 5.74) is 4.56. The highest BCUT2D eigenvalue weighted by Crippen LogP contribution is 2.40. The van der Waals surface area contributed by atoms with E-state index in [2.05, 4.69) is 4.72 Å². The maximum absolute atomic E-state index is 14.5. The maximum Gasteiger partial charge on any atom is 0.263 e. The van der Waals surface area contributed by atoms with Gasteiger partial charge >= 0.3 is 0 Å². The van der Waals surface area contributed by atoms with Crippen molar-refractivity contribution in [3.05, 3.63) is 121 Å². The van der Waals surface area contributed by atoms with E-state index in [0.717, 1.165) is 27.8 Å². The molecule has 2 heterocycles. The van der Waals surface area contributed by atoms with Gasteiger partial charge in [0.2, 0.25) is 0 Å². The van der Waals surface area contributed by atoms with Crippen molar-refractivity contribution in [2.45, 2.75) is 11.8 Å². The molecular weight excluding hydrogens is 485 g/mol. The van der Waals surface area contributed by atoms with Crippen molar-refractivity contribution < 1.29 is 12.8 Å². The Labute approximate surface area is 213 Å². The zero-order valence-corrected chi connectivity index (χ0v) is 20.7. The average Bonchev–Trinajstić information content (AvgIpc) is 3.28. The molecule has 5 nitrogen and oxygen atoms in total. The fraction of sp³-hybridized carbons (Fsp3) is 0.0333. The first-order chi connectivity index (χ1) is 17.9. The molecule has 2 aromatic heterocycles. The van der Waals surface area contributed by atoms with E-state index >= 15 is 0 Å². The molecule has 6 aromatic rings. The summed E-state index contributed by atoms with van der Waals surface area (Å²) in [5, 5.41) is 6.23. The van der Waals surface area contributed by atoms with E-state index in [-0.39, 0.29) is 16.5 Å². The lowest BCUT2D eigenvalue weighted by molar-refractivity contribution is 0.601. The fourth-order valence-electron chi connectivity index (χ4n) is 4.58. The average molecular weight is 508 g/mol. The molecule has 6 rings (SSSR count). The number of nitrogens with one attached hydrogen (secondary N) is 1. The highest BCUT2D eigenvalue weighted by atomic mass is 32.2. The number of sulfonamides is 1. The Bertz CT molecular complexity index is 1870. The number of nitrogens with zero attached hydrogens (tertiary/aromatic N) is 2. The van der Waals surface area contributed by atoms with Crippen LogP contribution in [-0.4, -0.2) is 18.0 Å². The van der Waals surface area contributed by atoms with E-state index < -0.39 is 10.0 Å². The smallest absolute Gasteiger partial charge is 0.261 e. The van der Waals surface area contributed by atoms with Crippen LogP contribution in [-0.2, 0) is 10.0 Å². The minimum Gasteiger partial charge on any atom is -0.261 e. The molecule has 0 unspecified atom stereocenters. The Morgan fingerprint density at radius 1 is 0.784 bits per heavy atom. The predicted molar refractivity (Wildman–Crippen MR) is 146 cm³/mol. The molecule has 37 heavy (non-hydrogen) atoms. The molecule has 0 amide bonds. The summed E-state index contributed by atoms with van der Waals surface area (Å²) in [6.07, 6.45) is 0.